The van der Waals surface area contributed by atoms with Gasteiger partial charge in [-0.3, -0.25) is 4.79 Å². The Bertz CT molecular complexity index is 956. The van der Waals surface area contributed by atoms with Gasteiger partial charge < -0.3 is 20.6 Å². The van der Waals surface area contributed by atoms with Crippen LogP contribution < -0.4 is 10.6 Å². The number of amides is 3. The Morgan fingerprint density at radius 2 is 1.85 bits per heavy atom. The SMILES string of the molecule is CC1(C)S[C@H]2[C@H](NC(=O)Nc3cccc4ccccc34)C(=O)N2[C@@H]1C(=O)O. The van der Waals surface area contributed by atoms with E-state index in [0.29, 0.717) is 5.69 Å². The Hall–Kier alpha value is -2.74. The number of carboxylic acid groups (broad SMARTS) is 1. The number of anilines is 1. The zero-order valence-electron chi connectivity index (χ0n) is 14.8. The third-order valence-corrected chi connectivity index (χ3v) is 6.57. The van der Waals surface area contributed by atoms with Gasteiger partial charge in [0.25, 0.3) is 0 Å². The van der Waals surface area contributed by atoms with E-state index in [0.717, 1.165) is 10.8 Å². The highest BCUT2D eigenvalue weighted by atomic mass is 32.2. The summed E-state index contributed by atoms with van der Waals surface area (Å²) >= 11 is 1.40. The van der Waals surface area contributed by atoms with E-state index in [1.54, 1.807) is 19.9 Å². The molecule has 3 atom stereocenters. The second-order valence-electron chi connectivity index (χ2n) is 7.20. The van der Waals surface area contributed by atoms with Crippen LogP contribution in [0.4, 0.5) is 10.5 Å². The number of β-lactam (4-membered cyclic amide) rings is 1. The van der Waals surface area contributed by atoms with Crippen LogP contribution in [0.5, 0.6) is 0 Å². The molecule has 2 heterocycles. The van der Waals surface area contributed by atoms with E-state index in [1.807, 2.05) is 36.4 Å². The molecule has 140 valence electrons. The molecule has 4 rings (SSSR count). The first-order chi connectivity index (χ1) is 12.8. The van der Waals surface area contributed by atoms with Crippen molar-refractivity contribution in [2.24, 2.45) is 0 Å². The highest BCUT2D eigenvalue weighted by molar-refractivity contribution is 8.01. The monoisotopic (exact) mass is 385 g/mol. The minimum Gasteiger partial charge on any atom is -0.480 e. The number of nitrogens with zero attached hydrogens (tertiary/aromatic N) is 1. The zero-order valence-corrected chi connectivity index (χ0v) is 15.6. The van der Waals surface area contributed by atoms with Gasteiger partial charge in [0.15, 0.2) is 0 Å². The van der Waals surface area contributed by atoms with Crippen LogP contribution >= 0.6 is 11.8 Å². The molecule has 0 saturated carbocycles. The number of fused-ring (bicyclic) bond motifs is 2. The first kappa shape index (κ1) is 17.7. The number of carbonyl (C=O) groups excluding carboxylic acids is 2. The van der Waals surface area contributed by atoms with Gasteiger partial charge in [-0.25, -0.2) is 9.59 Å². The van der Waals surface area contributed by atoms with Crippen molar-refractivity contribution in [3.05, 3.63) is 42.5 Å². The van der Waals surface area contributed by atoms with Crippen LogP contribution in [-0.4, -0.2) is 50.1 Å². The van der Waals surface area contributed by atoms with Crippen LogP contribution in [-0.2, 0) is 9.59 Å². The molecular formula is C19H19N3O4S. The van der Waals surface area contributed by atoms with Gasteiger partial charge in [-0.15, -0.1) is 11.8 Å². The summed E-state index contributed by atoms with van der Waals surface area (Å²) in [6, 6.07) is 11.2. The molecule has 0 unspecified atom stereocenters. The van der Waals surface area contributed by atoms with Crippen LogP contribution in [0.15, 0.2) is 42.5 Å². The lowest BCUT2D eigenvalue weighted by Crippen LogP contribution is -2.70. The van der Waals surface area contributed by atoms with E-state index < -0.39 is 28.8 Å². The van der Waals surface area contributed by atoms with Crippen LogP contribution in [0, 0.1) is 0 Å². The Balaban J connectivity index is 1.48. The van der Waals surface area contributed by atoms with Crippen molar-refractivity contribution >= 4 is 46.1 Å². The maximum Gasteiger partial charge on any atom is 0.327 e. The average molecular weight is 385 g/mol. The fourth-order valence-corrected chi connectivity index (χ4v) is 5.40. The largest absolute Gasteiger partial charge is 0.480 e. The van der Waals surface area contributed by atoms with Crippen molar-refractivity contribution < 1.29 is 19.5 Å². The molecule has 2 saturated heterocycles. The number of nitrogens with one attached hydrogen (secondary N) is 2. The quantitative estimate of drug-likeness (QED) is 0.705. The van der Waals surface area contributed by atoms with E-state index in [1.165, 1.54) is 16.7 Å². The van der Waals surface area contributed by atoms with Gasteiger partial charge in [-0.1, -0.05) is 36.4 Å². The highest BCUT2D eigenvalue weighted by Gasteiger charge is 2.64. The van der Waals surface area contributed by atoms with E-state index in [4.69, 9.17) is 0 Å². The number of rotatable bonds is 3. The standard InChI is InChI=1S/C19H19N3O4S/c1-19(2)14(17(24)25)22-15(23)13(16(22)27-19)21-18(26)20-12-9-5-7-10-6-3-4-8-11(10)12/h3-9,13-14,16H,1-2H3,(H,24,25)(H2,20,21,26)/t13-,14-,16+/m1/s1. The number of carbonyl (C=O) groups is 3. The molecule has 8 heteroatoms. The van der Waals surface area contributed by atoms with Gasteiger partial charge in [0.2, 0.25) is 5.91 Å². The molecule has 0 aliphatic carbocycles. The zero-order chi connectivity index (χ0) is 19.3. The molecule has 2 aliphatic rings. The lowest BCUT2D eigenvalue weighted by Gasteiger charge is -2.43. The Morgan fingerprint density at radius 3 is 2.59 bits per heavy atom. The average Bonchev–Trinajstić information content (AvgIpc) is 2.88. The summed E-state index contributed by atoms with van der Waals surface area (Å²) in [7, 11) is 0. The molecule has 2 fully saturated rings. The van der Waals surface area contributed by atoms with Crippen LogP contribution in [0.25, 0.3) is 10.8 Å². The molecule has 0 bridgehead atoms. The van der Waals surface area contributed by atoms with Crippen molar-refractivity contribution in [3.63, 3.8) is 0 Å². The second kappa shape index (κ2) is 6.16. The highest BCUT2D eigenvalue weighted by Crippen LogP contribution is 2.50. The molecule has 2 aromatic rings. The van der Waals surface area contributed by atoms with Crippen molar-refractivity contribution in [1.29, 1.82) is 0 Å². The Morgan fingerprint density at radius 1 is 1.15 bits per heavy atom. The number of aliphatic carboxylic acids is 1. The maximum atomic E-state index is 12.5. The number of hydrogen-bond donors (Lipinski definition) is 3. The lowest BCUT2D eigenvalue weighted by molar-refractivity contribution is -0.159. The first-order valence-electron chi connectivity index (χ1n) is 8.58. The molecule has 0 radical (unpaired) electrons. The van der Waals surface area contributed by atoms with Gasteiger partial charge >= 0.3 is 12.0 Å². The summed E-state index contributed by atoms with van der Waals surface area (Å²) < 4.78 is -0.616. The molecular weight excluding hydrogens is 366 g/mol. The summed E-state index contributed by atoms with van der Waals surface area (Å²) in [5.74, 6) is -1.39. The normalized spacial score (nSPS) is 25.6. The van der Waals surface area contributed by atoms with E-state index in [9.17, 15) is 19.5 Å². The Labute approximate surface area is 160 Å². The number of urea groups is 1. The maximum absolute atomic E-state index is 12.5. The molecule has 3 N–H and O–H groups in total. The topological polar surface area (TPSA) is 98.7 Å². The molecule has 27 heavy (non-hydrogen) atoms. The number of thioether (sulfide) groups is 1. The van der Waals surface area contributed by atoms with Crippen molar-refractivity contribution in [2.75, 3.05) is 5.32 Å². The summed E-state index contributed by atoms with van der Waals surface area (Å²) in [5, 5.41) is 16.5. The van der Waals surface area contributed by atoms with E-state index >= 15 is 0 Å². The minimum absolute atomic E-state index is 0.362. The van der Waals surface area contributed by atoms with Crippen molar-refractivity contribution in [1.82, 2.24) is 10.2 Å². The number of benzene rings is 2. The summed E-state index contributed by atoms with van der Waals surface area (Å²) in [6.07, 6.45) is 0. The molecule has 0 spiro atoms. The first-order valence-corrected chi connectivity index (χ1v) is 9.45. The van der Waals surface area contributed by atoms with Crippen LogP contribution in [0.1, 0.15) is 13.8 Å². The third-order valence-electron chi connectivity index (χ3n) is 5.00. The third kappa shape index (κ3) is 2.80. The number of carboxylic acids is 1. The molecule has 2 aromatic carbocycles. The van der Waals surface area contributed by atoms with Gasteiger partial charge in [0.05, 0.1) is 5.69 Å². The van der Waals surface area contributed by atoms with Crippen LogP contribution in [0.2, 0.25) is 0 Å². The van der Waals surface area contributed by atoms with Gasteiger partial charge in [-0.05, 0) is 25.3 Å². The predicted octanol–water partition coefficient (Wildman–Crippen LogP) is 2.48. The van der Waals surface area contributed by atoms with Crippen molar-refractivity contribution in [2.45, 2.75) is 36.1 Å². The molecule has 3 amide bonds. The van der Waals surface area contributed by atoms with Gasteiger partial charge in [0.1, 0.15) is 17.5 Å². The van der Waals surface area contributed by atoms with E-state index in [2.05, 4.69) is 10.6 Å². The predicted molar refractivity (Wildman–Crippen MR) is 104 cm³/mol. The second-order valence-corrected chi connectivity index (χ2v) is 8.97. The smallest absolute Gasteiger partial charge is 0.327 e. The summed E-state index contributed by atoms with van der Waals surface area (Å²) in [6.45, 7) is 3.60. The molecule has 2 aliphatic heterocycles. The molecule has 7 nitrogen and oxygen atoms in total. The number of hydrogen-bond acceptors (Lipinski definition) is 4. The van der Waals surface area contributed by atoms with Crippen LogP contribution in [0.3, 0.4) is 0 Å². The van der Waals surface area contributed by atoms with Gasteiger partial charge in [-0.2, -0.15) is 0 Å². The van der Waals surface area contributed by atoms with Gasteiger partial charge in [0, 0.05) is 10.1 Å². The summed E-state index contributed by atoms with van der Waals surface area (Å²) in [5.41, 5.74) is 0.650. The fourth-order valence-electron chi connectivity index (χ4n) is 3.78. The fraction of sp³-hybridized carbons (Fsp3) is 0.316. The van der Waals surface area contributed by atoms with Crippen molar-refractivity contribution in [3.8, 4) is 0 Å². The summed E-state index contributed by atoms with van der Waals surface area (Å²) in [4.78, 5) is 37.8. The Kier molecular flexibility index (Phi) is 4.03. The minimum atomic E-state index is -1.03. The lowest BCUT2D eigenvalue weighted by atomic mass is 9.96. The molecule has 0 aromatic heterocycles. The van der Waals surface area contributed by atoms with E-state index in [-0.39, 0.29) is 11.3 Å².